The molecule has 0 amide bonds. The fraction of sp³-hybridized carbons (Fsp3) is 0.538. The standard InChI is InChI=1S/C13H18O3S2/c1-4-10-7-12(11(5-2)18-10)17-8-9(14)6-13(15)16-3/h7H,4-6,8H2,1-3H3. The summed E-state index contributed by atoms with van der Waals surface area (Å²) in [4.78, 5) is 26.3. The molecule has 1 aromatic heterocycles. The maximum Gasteiger partial charge on any atom is 0.313 e. The third-order valence-corrected chi connectivity index (χ3v) is 5.14. The van der Waals surface area contributed by atoms with Gasteiger partial charge in [0.1, 0.15) is 6.42 Å². The molecule has 0 unspecified atom stereocenters. The average molecular weight is 286 g/mol. The number of methoxy groups -OCH3 is 1. The lowest BCUT2D eigenvalue weighted by Crippen LogP contribution is -2.10. The summed E-state index contributed by atoms with van der Waals surface area (Å²) >= 11 is 3.33. The van der Waals surface area contributed by atoms with Crippen molar-refractivity contribution in [1.82, 2.24) is 0 Å². The molecule has 0 aliphatic heterocycles. The van der Waals surface area contributed by atoms with E-state index in [-0.39, 0.29) is 12.2 Å². The SMILES string of the molecule is CCc1cc(SCC(=O)CC(=O)OC)c(CC)s1. The van der Waals surface area contributed by atoms with Crippen molar-refractivity contribution in [3.05, 3.63) is 15.8 Å². The van der Waals surface area contributed by atoms with Gasteiger partial charge in [-0.05, 0) is 18.9 Å². The van der Waals surface area contributed by atoms with Crippen LogP contribution in [0.3, 0.4) is 0 Å². The average Bonchev–Trinajstić information content (AvgIpc) is 2.78. The monoisotopic (exact) mass is 286 g/mol. The van der Waals surface area contributed by atoms with Crippen LogP contribution < -0.4 is 0 Å². The molecule has 1 heterocycles. The zero-order valence-electron chi connectivity index (χ0n) is 10.9. The van der Waals surface area contributed by atoms with E-state index < -0.39 is 5.97 Å². The molecule has 0 aromatic carbocycles. The number of ketones is 1. The van der Waals surface area contributed by atoms with E-state index in [2.05, 4.69) is 24.7 Å². The van der Waals surface area contributed by atoms with Crippen LogP contribution in [0, 0.1) is 0 Å². The Morgan fingerprint density at radius 2 is 2.06 bits per heavy atom. The number of carbonyl (C=O) groups excluding carboxylic acids is 2. The molecule has 0 aliphatic carbocycles. The van der Waals surface area contributed by atoms with Crippen LogP contribution in [0.15, 0.2) is 11.0 Å². The molecule has 0 fully saturated rings. The molecule has 0 aliphatic rings. The van der Waals surface area contributed by atoms with Gasteiger partial charge in [0.05, 0.1) is 12.9 Å². The summed E-state index contributed by atoms with van der Waals surface area (Å²) in [5.74, 6) is -0.212. The Morgan fingerprint density at radius 1 is 1.33 bits per heavy atom. The summed E-state index contributed by atoms with van der Waals surface area (Å²) in [5, 5.41) is 0. The van der Waals surface area contributed by atoms with Gasteiger partial charge in [0.2, 0.25) is 0 Å². The summed E-state index contributed by atoms with van der Waals surface area (Å²) in [6.07, 6.45) is 1.88. The van der Waals surface area contributed by atoms with Crippen LogP contribution in [0.1, 0.15) is 30.0 Å². The smallest absolute Gasteiger partial charge is 0.313 e. The van der Waals surface area contributed by atoms with E-state index >= 15 is 0 Å². The lowest BCUT2D eigenvalue weighted by molar-refractivity contribution is -0.142. The van der Waals surface area contributed by atoms with E-state index in [0.29, 0.717) is 5.75 Å². The number of hydrogen-bond donors (Lipinski definition) is 0. The number of rotatable bonds is 7. The summed E-state index contributed by atoms with van der Waals surface area (Å²) in [6.45, 7) is 4.24. The first-order chi connectivity index (χ1) is 8.60. The Bertz CT molecular complexity index is 424. The molecule has 5 heteroatoms. The first kappa shape index (κ1) is 15.2. The van der Waals surface area contributed by atoms with Gasteiger partial charge in [0.15, 0.2) is 5.78 Å². The Kier molecular flexibility index (Phi) is 6.43. The molecule has 0 spiro atoms. The molecular weight excluding hydrogens is 268 g/mol. The van der Waals surface area contributed by atoms with Gasteiger partial charge < -0.3 is 4.74 Å². The normalized spacial score (nSPS) is 10.4. The van der Waals surface area contributed by atoms with Gasteiger partial charge in [-0.3, -0.25) is 9.59 Å². The predicted molar refractivity (Wildman–Crippen MR) is 75.4 cm³/mol. The number of carbonyl (C=O) groups is 2. The Balaban J connectivity index is 2.54. The van der Waals surface area contributed by atoms with Gasteiger partial charge in [-0.15, -0.1) is 23.1 Å². The summed E-state index contributed by atoms with van der Waals surface area (Å²) in [5.41, 5.74) is 0. The second-order valence-electron chi connectivity index (χ2n) is 3.79. The molecule has 0 radical (unpaired) electrons. The van der Waals surface area contributed by atoms with Crippen LogP contribution in [0.5, 0.6) is 0 Å². The highest BCUT2D eigenvalue weighted by Gasteiger charge is 2.12. The maximum absolute atomic E-state index is 11.5. The number of aryl methyl sites for hydroxylation is 2. The van der Waals surface area contributed by atoms with Gasteiger partial charge in [0.25, 0.3) is 0 Å². The molecule has 0 N–H and O–H groups in total. The van der Waals surface area contributed by atoms with Crippen LogP contribution in [0.4, 0.5) is 0 Å². The van der Waals surface area contributed by atoms with Gasteiger partial charge in [-0.25, -0.2) is 0 Å². The number of thioether (sulfide) groups is 1. The van der Waals surface area contributed by atoms with Crippen molar-refractivity contribution in [3.63, 3.8) is 0 Å². The Hall–Kier alpha value is -0.810. The van der Waals surface area contributed by atoms with Crippen LogP contribution in [0.25, 0.3) is 0 Å². The molecule has 18 heavy (non-hydrogen) atoms. The highest BCUT2D eigenvalue weighted by molar-refractivity contribution is 8.00. The zero-order chi connectivity index (χ0) is 13.5. The molecule has 1 aromatic rings. The second-order valence-corrected chi connectivity index (χ2v) is 6.03. The zero-order valence-corrected chi connectivity index (χ0v) is 12.6. The third kappa shape index (κ3) is 4.46. The van der Waals surface area contributed by atoms with E-state index in [4.69, 9.17) is 0 Å². The molecule has 0 saturated heterocycles. The van der Waals surface area contributed by atoms with Crippen molar-refractivity contribution in [2.24, 2.45) is 0 Å². The van der Waals surface area contributed by atoms with Crippen molar-refractivity contribution < 1.29 is 14.3 Å². The van der Waals surface area contributed by atoms with Crippen molar-refractivity contribution in [2.75, 3.05) is 12.9 Å². The van der Waals surface area contributed by atoms with E-state index in [1.165, 1.54) is 33.5 Å². The summed E-state index contributed by atoms with van der Waals surface area (Å²) < 4.78 is 4.47. The number of esters is 1. The van der Waals surface area contributed by atoms with E-state index in [0.717, 1.165) is 12.8 Å². The van der Waals surface area contributed by atoms with Crippen LogP contribution in [-0.4, -0.2) is 24.6 Å². The minimum Gasteiger partial charge on any atom is -0.469 e. The number of hydrogen-bond acceptors (Lipinski definition) is 5. The van der Waals surface area contributed by atoms with E-state index in [9.17, 15) is 9.59 Å². The summed E-state index contributed by atoms with van der Waals surface area (Å²) in [7, 11) is 1.30. The molecule has 100 valence electrons. The molecule has 0 bridgehead atoms. The first-order valence-electron chi connectivity index (χ1n) is 5.93. The highest BCUT2D eigenvalue weighted by Crippen LogP contribution is 2.31. The second kappa shape index (κ2) is 7.59. The third-order valence-electron chi connectivity index (χ3n) is 2.45. The van der Waals surface area contributed by atoms with Crippen LogP contribution in [0.2, 0.25) is 0 Å². The predicted octanol–water partition coefficient (Wildman–Crippen LogP) is 3.10. The van der Waals surface area contributed by atoms with Crippen LogP contribution in [-0.2, 0) is 27.2 Å². The van der Waals surface area contributed by atoms with Crippen LogP contribution >= 0.6 is 23.1 Å². The van der Waals surface area contributed by atoms with Crippen molar-refractivity contribution in [3.8, 4) is 0 Å². The fourth-order valence-corrected chi connectivity index (χ4v) is 3.72. The molecule has 0 atom stereocenters. The number of thiophene rings is 1. The van der Waals surface area contributed by atoms with Gasteiger partial charge in [0, 0.05) is 14.6 Å². The first-order valence-corrected chi connectivity index (χ1v) is 7.73. The molecule has 3 nitrogen and oxygen atoms in total. The molecule has 1 rings (SSSR count). The molecular formula is C13H18O3S2. The number of Topliss-reactive ketones (excluding diaryl/α,β-unsaturated/α-hetero) is 1. The fourth-order valence-electron chi connectivity index (χ4n) is 1.45. The van der Waals surface area contributed by atoms with Gasteiger partial charge in [-0.1, -0.05) is 13.8 Å². The quantitative estimate of drug-likeness (QED) is 0.439. The summed E-state index contributed by atoms with van der Waals surface area (Å²) in [6, 6.07) is 2.15. The highest BCUT2D eigenvalue weighted by atomic mass is 32.2. The topological polar surface area (TPSA) is 43.4 Å². The minimum atomic E-state index is -0.462. The Labute approximate surface area is 116 Å². The van der Waals surface area contributed by atoms with Crippen molar-refractivity contribution in [2.45, 2.75) is 38.0 Å². The van der Waals surface area contributed by atoms with Gasteiger partial charge in [-0.2, -0.15) is 0 Å². The van der Waals surface area contributed by atoms with E-state index in [1.54, 1.807) is 11.3 Å². The lowest BCUT2D eigenvalue weighted by Gasteiger charge is -2.01. The minimum absolute atomic E-state index is 0.0850. The largest absolute Gasteiger partial charge is 0.469 e. The molecule has 0 saturated carbocycles. The van der Waals surface area contributed by atoms with Gasteiger partial charge >= 0.3 is 5.97 Å². The maximum atomic E-state index is 11.5. The van der Waals surface area contributed by atoms with Crippen molar-refractivity contribution in [1.29, 1.82) is 0 Å². The van der Waals surface area contributed by atoms with E-state index in [1.807, 2.05) is 0 Å². The number of ether oxygens (including phenoxy) is 1. The lowest BCUT2D eigenvalue weighted by atomic mass is 10.3. The Morgan fingerprint density at radius 3 is 2.61 bits per heavy atom. The van der Waals surface area contributed by atoms with Crippen molar-refractivity contribution >= 4 is 34.9 Å².